The predicted molar refractivity (Wildman–Crippen MR) is 98.6 cm³/mol. The zero-order chi connectivity index (χ0) is 17.7. The van der Waals surface area contributed by atoms with Crippen molar-refractivity contribution in [1.29, 1.82) is 0 Å². The molecule has 2 aromatic rings. The maximum atomic E-state index is 12.5. The minimum absolute atomic E-state index is 0.0177. The van der Waals surface area contributed by atoms with Crippen LogP contribution in [0, 0.1) is 0 Å². The summed E-state index contributed by atoms with van der Waals surface area (Å²) in [5, 5.41) is 0. The van der Waals surface area contributed by atoms with Gasteiger partial charge in [-0.25, -0.2) is 13.1 Å². The fourth-order valence-corrected chi connectivity index (χ4v) is 3.62. The van der Waals surface area contributed by atoms with Crippen molar-refractivity contribution in [2.45, 2.75) is 30.7 Å². The third-order valence-corrected chi connectivity index (χ3v) is 5.57. The van der Waals surface area contributed by atoms with Crippen molar-refractivity contribution in [2.75, 3.05) is 20.6 Å². The van der Waals surface area contributed by atoms with E-state index in [1.807, 2.05) is 61.5 Å². The molecule has 0 aliphatic heterocycles. The Morgan fingerprint density at radius 1 is 0.917 bits per heavy atom. The quantitative estimate of drug-likeness (QED) is 0.836. The van der Waals surface area contributed by atoms with Crippen LogP contribution in [0.4, 0.5) is 0 Å². The summed E-state index contributed by atoms with van der Waals surface area (Å²) in [5.41, 5.74) is 2.21. The molecule has 0 aromatic heterocycles. The van der Waals surface area contributed by atoms with Gasteiger partial charge in [0, 0.05) is 12.6 Å². The molecule has 0 saturated heterocycles. The minimum Gasteiger partial charge on any atom is -0.301 e. The van der Waals surface area contributed by atoms with E-state index in [9.17, 15) is 8.42 Å². The summed E-state index contributed by atoms with van der Waals surface area (Å²) in [4.78, 5) is 2.32. The van der Waals surface area contributed by atoms with E-state index in [0.717, 1.165) is 11.1 Å². The van der Waals surface area contributed by atoms with Gasteiger partial charge >= 0.3 is 0 Å². The summed E-state index contributed by atoms with van der Waals surface area (Å²) < 4.78 is 27.8. The number of hydrogen-bond acceptors (Lipinski definition) is 3. The van der Waals surface area contributed by atoms with Gasteiger partial charge in [0.15, 0.2) is 0 Å². The normalized spacial score (nSPS) is 13.4. The van der Waals surface area contributed by atoms with Crippen LogP contribution in [0.25, 0.3) is 0 Å². The van der Waals surface area contributed by atoms with Crippen LogP contribution in [0.1, 0.15) is 36.9 Å². The first-order valence-corrected chi connectivity index (χ1v) is 9.60. The number of nitrogens with one attached hydrogen (secondary N) is 1. The first-order valence-electron chi connectivity index (χ1n) is 8.12. The lowest BCUT2D eigenvalue weighted by molar-refractivity contribution is 0.299. The topological polar surface area (TPSA) is 49.4 Å². The minimum atomic E-state index is -3.52. The van der Waals surface area contributed by atoms with Gasteiger partial charge in [0.1, 0.15) is 0 Å². The van der Waals surface area contributed by atoms with Crippen LogP contribution in [0.15, 0.2) is 59.5 Å². The molecule has 0 amide bonds. The van der Waals surface area contributed by atoms with Gasteiger partial charge in [-0.2, -0.15) is 0 Å². The molecule has 2 rings (SSSR count). The summed E-state index contributed by atoms with van der Waals surface area (Å²) in [6, 6.07) is 17.0. The van der Waals surface area contributed by atoms with E-state index in [0.29, 0.717) is 17.4 Å². The summed E-state index contributed by atoms with van der Waals surface area (Å²) in [5.74, 6) is 0.380. The van der Waals surface area contributed by atoms with Gasteiger partial charge in [-0.3, -0.25) is 0 Å². The van der Waals surface area contributed by atoms with Crippen LogP contribution in [-0.4, -0.2) is 34.0 Å². The lowest BCUT2D eigenvalue weighted by atomic mass is 10.0. The Balaban J connectivity index is 2.13. The number of hydrogen-bond donors (Lipinski definition) is 1. The number of nitrogens with zero attached hydrogens (tertiary/aromatic N) is 1. The van der Waals surface area contributed by atoms with Crippen molar-refractivity contribution in [3.8, 4) is 0 Å². The van der Waals surface area contributed by atoms with Crippen LogP contribution in [0.2, 0.25) is 0 Å². The van der Waals surface area contributed by atoms with Crippen molar-refractivity contribution >= 4 is 10.0 Å². The Morgan fingerprint density at radius 2 is 1.50 bits per heavy atom. The molecule has 0 fully saturated rings. The molecule has 0 aliphatic rings. The molecule has 1 unspecified atom stereocenters. The SMILES string of the molecule is CC(C)c1ccc(S(=O)(=O)NCC(c2ccccc2)N(C)C)cc1. The van der Waals surface area contributed by atoms with E-state index in [1.165, 1.54) is 0 Å². The summed E-state index contributed by atoms with van der Waals surface area (Å²) >= 11 is 0. The second kappa shape index (κ2) is 7.92. The van der Waals surface area contributed by atoms with E-state index in [2.05, 4.69) is 18.6 Å². The Labute approximate surface area is 145 Å². The Hall–Kier alpha value is -1.69. The van der Waals surface area contributed by atoms with Crippen molar-refractivity contribution in [3.63, 3.8) is 0 Å². The lowest BCUT2D eigenvalue weighted by Gasteiger charge is -2.25. The highest BCUT2D eigenvalue weighted by Crippen LogP contribution is 2.20. The third-order valence-electron chi connectivity index (χ3n) is 4.13. The van der Waals surface area contributed by atoms with Crippen molar-refractivity contribution < 1.29 is 8.42 Å². The average molecular weight is 346 g/mol. The maximum Gasteiger partial charge on any atom is 0.240 e. The highest BCUT2D eigenvalue weighted by Gasteiger charge is 2.19. The number of likely N-dealkylation sites (N-methyl/N-ethyl adjacent to an activating group) is 1. The van der Waals surface area contributed by atoms with E-state index >= 15 is 0 Å². The Kier molecular flexibility index (Phi) is 6.15. The first-order chi connectivity index (χ1) is 11.3. The van der Waals surface area contributed by atoms with Gasteiger partial charge in [-0.05, 0) is 43.3 Å². The molecule has 0 saturated carbocycles. The van der Waals surface area contributed by atoms with Gasteiger partial charge < -0.3 is 4.90 Å². The molecule has 4 nitrogen and oxygen atoms in total. The van der Waals surface area contributed by atoms with E-state index in [1.54, 1.807) is 12.1 Å². The number of benzene rings is 2. The van der Waals surface area contributed by atoms with Gasteiger partial charge in [0.05, 0.1) is 4.90 Å². The van der Waals surface area contributed by atoms with Gasteiger partial charge in [0.2, 0.25) is 10.0 Å². The smallest absolute Gasteiger partial charge is 0.240 e. The fourth-order valence-electron chi connectivity index (χ4n) is 2.58. The third kappa shape index (κ3) is 4.66. The molecule has 0 bridgehead atoms. The van der Waals surface area contributed by atoms with Crippen LogP contribution in [-0.2, 0) is 10.0 Å². The highest BCUT2D eigenvalue weighted by molar-refractivity contribution is 7.89. The van der Waals surface area contributed by atoms with Gasteiger partial charge in [0.25, 0.3) is 0 Å². The van der Waals surface area contributed by atoms with Crippen molar-refractivity contribution in [1.82, 2.24) is 9.62 Å². The molecule has 2 aromatic carbocycles. The predicted octanol–water partition coefficient (Wildman–Crippen LogP) is 3.39. The van der Waals surface area contributed by atoms with Crippen molar-refractivity contribution in [3.05, 3.63) is 65.7 Å². The van der Waals surface area contributed by atoms with E-state index < -0.39 is 10.0 Å². The molecule has 1 N–H and O–H groups in total. The first kappa shape index (κ1) is 18.6. The zero-order valence-corrected chi connectivity index (χ0v) is 15.5. The number of sulfonamides is 1. The fraction of sp³-hybridized carbons (Fsp3) is 0.368. The second-order valence-corrected chi connectivity index (χ2v) is 8.23. The monoisotopic (exact) mass is 346 g/mol. The van der Waals surface area contributed by atoms with Crippen LogP contribution >= 0.6 is 0 Å². The molecule has 0 spiro atoms. The van der Waals surface area contributed by atoms with Crippen molar-refractivity contribution in [2.24, 2.45) is 0 Å². The summed E-state index contributed by atoms with van der Waals surface area (Å²) in [7, 11) is 0.380. The molecule has 5 heteroatoms. The van der Waals surface area contributed by atoms with Crippen LogP contribution in [0.5, 0.6) is 0 Å². The Bertz CT molecular complexity index is 739. The molecule has 24 heavy (non-hydrogen) atoms. The molecule has 130 valence electrons. The molecule has 0 radical (unpaired) electrons. The molecular weight excluding hydrogens is 320 g/mol. The highest BCUT2D eigenvalue weighted by atomic mass is 32.2. The summed E-state index contributed by atoms with van der Waals surface area (Å²) in [6.45, 7) is 4.50. The lowest BCUT2D eigenvalue weighted by Crippen LogP contribution is -2.34. The van der Waals surface area contributed by atoms with E-state index in [-0.39, 0.29) is 6.04 Å². The molecule has 0 aliphatic carbocycles. The zero-order valence-electron chi connectivity index (χ0n) is 14.7. The average Bonchev–Trinajstić information content (AvgIpc) is 2.55. The Morgan fingerprint density at radius 3 is 2.00 bits per heavy atom. The number of rotatable bonds is 7. The molecular formula is C19H26N2O2S. The molecule has 1 atom stereocenters. The maximum absolute atomic E-state index is 12.5. The van der Waals surface area contributed by atoms with Crippen LogP contribution in [0.3, 0.4) is 0 Å². The largest absolute Gasteiger partial charge is 0.301 e. The standard InChI is InChI=1S/C19H26N2O2S/c1-15(2)16-10-12-18(13-11-16)24(22,23)20-14-19(21(3)4)17-8-6-5-7-9-17/h5-13,15,19-20H,14H2,1-4H3. The van der Waals surface area contributed by atoms with Gasteiger partial charge in [-0.1, -0.05) is 56.3 Å². The van der Waals surface area contributed by atoms with Crippen LogP contribution < -0.4 is 4.72 Å². The van der Waals surface area contributed by atoms with Gasteiger partial charge in [-0.15, -0.1) is 0 Å². The van der Waals surface area contributed by atoms with E-state index in [4.69, 9.17) is 0 Å². The summed E-state index contributed by atoms with van der Waals surface area (Å²) in [6.07, 6.45) is 0. The second-order valence-electron chi connectivity index (χ2n) is 6.47. The molecule has 0 heterocycles.